The van der Waals surface area contributed by atoms with Crippen LogP contribution >= 0.6 is 15.9 Å². The number of rotatable bonds is 6. The maximum atomic E-state index is 5.69. The first-order valence-corrected chi connectivity index (χ1v) is 5.57. The number of benzene rings is 1. The lowest BCUT2D eigenvalue weighted by atomic mass is 10.3. The molecule has 0 heterocycles. The van der Waals surface area contributed by atoms with Crippen molar-refractivity contribution in [3.63, 3.8) is 0 Å². The van der Waals surface area contributed by atoms with Gasteiger partial charge in [-0.25, -0.2) is 0 Å². The van der Waals surface area contributed by atoms with Crippen LogP contribution in [-0.4, -0.2) is 25.2 Å². The Labute approximate surface area is 92.3 Å². The highest BCUT2D eigenvalue weighted by Crippen LogP contribution is 2.19. The maximum absolute atomic E-state index is 5.69. The summed E-state index contributed by atoms with van der Waals surface area (Å²) >= 11 is 3.27. The molecule has 0 unspecified atom stereocenters. The van der Waals surface area contributed by atoms with E-state index < -0.39 is 0 Å². The molecular formula is C10H14BrNO2. The molecule has 0 aliphatic rings. The molecule has 2 N–H and O–H groups in total. The average molecular weight is 260 g/mol. The van der Waals surface area contributed by atoms with Crippen molar-refractivity contribution in [1.82, 2.24) is 0 Å². The summed E-state index contributed by atoms with van der Waals surface area (Å²) in [6.45, 7) is 1.81. The molecule has 4 heteroatoms. The molecular weight excluding hydrogens is 246 g/mol. The molecule has 3 nitrogen and oxygen atoms in total. The number of ether oxygens (including phenoxy) is 2. The summed E-state index contributed by atoms with van der Waals surface area (Å²) in [6.07, 6.45) is 0. The molecule has 0 atom stereocenters. The highest BCUT2D eigenvalue weighted by molar-refractivity contribution is 9.09. The van der Waals surface area contributed by atoms with Crippen LogP contribution in [0.25, 0.3) is 0 Å². The third kappa shape index (κ3) is 3.98. The number of halogens is 1. The fourth-order valence-electron chi connectivity index (χ4n) is 0.979. The van der Waals surface area contributed by atoms with Gasteiger partial charge in [-0.05, 0) is 12.1 Å². The van der Waals surface area contributed by atoms with Crippen molar-refractivity contribution in [3.8, 4) is 5.75 Å². The first-order chi connectivity index (χ1) is 6.84. The topological polar surface area (TPSA) is 44.5 Å². The summed E-state index contributed by atoms with van der Waals surface area (Å²) in [5.74, 6) is 0.718. The van der Waals surface area contributed by atoms with Crippen LogP contribution in [0.1, 0.15) is 0 Å². The molecule has 0 spiro atoms. The SMILES string of the molecule is Nc1ccccc1OCCOCCBr. The smallest absolute Gasteiger partial charge is 0.142 e. The van der Waals surface area contributed by atoms with Gasteiger partial charge in [0.2, 0.25) is 0 Å². The van der Waals surface area contributed by atoms with Crippen LogP contribution < -0.4 is 10.5 Å². The fourth-order valence-corrected chi connectivity index (χ4v) is 1.21. The second-order valence-electron chi connectivity index (χ2n) is 2.69. The van der Waals surface area contributed by atoms with E-state index in [-0.39, 0.29) is 0 Å². The zero-order valence-electron chi connectivity index (χ0n) is 7.91. The number of alkyl halides is 1. The number of nitrogen functional groups attached to an aromatic ring is 1. The normalized spacial score (nSPS) is 10.1. The summed E-state index contributed by atoms with van der Waals surface area (Å²) in [6, 6.07) is 7.43. The van der Waals surface area contributed by atoms with E-state index in [9.17, 15) is 0 Å². The molecule has 0 aromatic heterocycles. The van der Waals surface area contributed by atoms with Crippen molar-refractivity contribution in [1.29, 1.82) is 0 Å². The van der Waals surface area contributed by atoms with Crippen LogP contribution in [0.2, 0.25) is 0 Å². The zero-order valence-corrected chi connectivity index (χ0v) is 9.50. The first kappa shape index (κ1) is 11.3. The molecule has 0 radical (unpaired) electrons. The quantitative estimate of drug-likeness (QED) is 0.483. The lowest BCUT2D eigenvalue weighted by Gasteiger charge is -2.08. The minimum atomic E-state index is 0.529. The van der Waals surface area contributed by atoms with Crippen molar-refractivity contribution in [2.75, 3.05) is 30.9 Å². The minimum Gasteiger partial charge on any atom is -0.489 e. The molecule has 0 aliphatic heterocycles. The second kappa shape index (κ2) is 6.68. The van der Waals surface area contributed by atoms with Crippen LogP contribution in [0.15, 0.2) is 24.3 Å². The second-order valence-corrected chi connectivity index (χ2v) is 3.48. The van der Waals surface area contributed by atoms with Crippen molar-refractivity contribution >= 4 is 21.6 Å². The van der Waals surface area contributed by atoms with Gasteiger partial charge < -0.3 is 15.2 Å². The molecule has 1 aromatic carbocycles. The number of anilines is 1. The lowest BCUT2D eigenvalue weighted by molar-refractivity contribution is 0.113. The van der Waals surface area contributed by atoms with E-state index >= 15 is 0 Å². The lowest BCUT2D eigenvalue weighted by Crippen LogP contribution is -2.08. The number of hydrogen-bond donors (Lipinski definition) is 1. The summed E-state index contributed by atoms with van der Waals surface area (Å²) in [7, 11) is 0. The van der Waals surface area contributed by atoms with Crippen molar-refractivity contribution in [2.24, 2.45) is 0 Å². The molecule has 0 amide bonds. The highest BCUT2D eigenvalue weighted by atomic mass is 79.9. The largest absolute Gasteiger partial charge is 0.489 e. The van der Waals surface area contributed by atoms with Gasteiger partial charge in [0.1, 0.15) is 12.4 Å². The molecule has 1 rings (SSSR count). The van der Waals surface area contributed by atoms with Gasteiger partial charge in [-0.3, -0.25) is 0 Å². The Hall–Kier alpha value is -0.740. The zero-order chi connectivity index (χ0) is 10.2. The van der Waals surface area contributed by atoms with Gasteiger partial charge in [-0.2, -0.15) is 0 Å². The Balaban J connectivity index is 2.21. The van der Waals surface area contributed by atoms with E-state index in [1.807, 2.05) is 24.3 Å². The van der Waals surface area contributed by atoms with Crippen LogP contribution in [0.3, 0.4) is 0 Å². The Morgan fingerprint density at radius 1 is 1.14 bits per heavy atom. The van der Waals surface area contributed by atoms with Crippen molar-refractivity contribution < 1.29 is 9.47 Å². The molecule has 0 bridgehead atoms. The highest BCUT2D eigenvalue weighted by Gasteiger charge is 1.97. The van der Waals surface area contributed by atoms with Crippen LogP contribution in [-0.2, 0) is 4.74 Å². The summed E-state index contributed by atoms with van der Waals surface area (Å²) in [5, 5.41) is 0.848. The Bertz CT molecular complexity index is 268. The summed E-state index contributed by atoms with van der Waals surface area (Å²) in [5.41, 5.74) is 6.35. The summed E-state index contributed by atoms with van der Waals surface area (Å²) in [4.78, 5) is 0. The van der Waals surface area contributed by atoms with Gasteiger partial charge in [0.05, 0.1) is 18.9 Å². The molecule has 0 fully saturated rings. The van der Waals surface area contributed by atoms with Gasteiger partial charge in [-0.15, -0.1) is 0 Å². The molecule has 14 heavy (non-hydrogen) atoms. The van der Waals surface area contributed by atoms with Crippen molar-refractivity contribution in [2.45, 2.75) is 0 Å². The van der Waals surface area contributed by atoms with E-state index in [2.05, 4.69) is 15.9 Å². The van der Waals surface area contributed by atoms with Gasteiger partial charge in [0.15, 0.2) is 0 Å². The van der Waals surface area contributed by atoms with Crippen molar-refractivity contribution in [3.05, 3.63) is 24.3 Å². The van der Waals surface area contributed by atoms with E-state index in [1.165, 1.54) is 0 Å². The van der Waals surface area contributed by atoms with Crippen LogP contribution in [0, 0.1) is 0 Å². The minimum absolute atomic E-state index is 0.529. The van der Waals surface area contributed by atoms with Gasteiger partial charge >= 0.3 is 0 Å². The van der Waals surface area contributed by atoms with E-state index in [0.717, 1.165) is 11.1 Å². The predicted molar refractivity (Wildman–Crippen MR) is 61.0 cm³/mol. The molecule has 0 saturated carbocycles. The maximum Gasteiger partial charge on any atom is 0.142 e. The monoisotopic (exact) mass is 259 g/mol. The van der Waals surface area contributed by atoms with Gasteiger partial charge in [0, 0.05) is 5.33 Å². The predicted octanol–water partition coefficient (Wildman–Crippen LogP) is 2.06. The molecule has 1 aromatic rings. The third-order valence-corrected chi connectivity index (χ3v) is 1.95. The van der Waals surface area contributed by atoms with E-state index in [1.54, 1.807) is 0 Å². The third-order valence-electron chi connectivity index (χ3n) is 1.63. The Morgan fingerprint density at radius 3 is 2.64 bits per heavy atom. The number of para-hydroxylation sites is 2. The average Bonchev–Trinajstić information content (AvgIpc) is 2.20. The molecule has 0 saturated heterocycles. The number of hydrogen-bond acceptors (Lipinski definition) is 3. The number of nitrogens with two attached hydrogens (primary N) is 1. The van der Waals surface area contributed by atoms with Gasteiger partial charge in [-0.1, -0.05) is 28.1 Å². The fraction of sp³-hybridized carbons (Fsp3) is 0.400. The standard InChI is InChI=1S/C10H14BrNO2/c11-5-6-13-7-8-14-10-4-2-1-3-9(10)12/h1-4H,5-8,12H2. The Kier molecular flexibility index (Phi) is 5.40. The molecule has 78 valence electrons. The van der Waals surface area contributed by atoms with Gasteiger partial charge in [0.25, 0.3) is 0 Å². The summed E-state index contributed by atoms with van der Waals surface area (Å²) < 4.78 is 10.6. The Morgan fingerprint density at radius 2 is 1.93 bits per heavy atom. The van der Waals surface area contributed by atoms with E-state index in [4.69, 9.17) is 15.2 Å². The van der Waals surface area contributed by atoms with Crippen LogP contribution in [0.5, 0.6) is 5.75 Å². The first-order valence-electron chi connectivity index (χ1n) is 4.45. The van der Waals surface area contributed by atoms with E-state index in [0.29, 0.717) is 25.5 Å². The van der Waals surface area contributed by atoms with Crippen LogP contribution in [0.4, 0.5) is 5.69 Å². The molecule has 0 aliphatic carbocycles.